The van der Waals surface area contributed by atoms with Gasteiger partial charge in [0.05, 0.1) is 14.2 Å². The molecule has 0 unspecified atom stereocenters. The van der Waals surface area contributed by atoms with E-state index in [-0.39, 0.29) is 0 Å². The molecule has 3 aromatic rings. The summed E-state index contributed by atoms with van der Waals surface area (Å²) in [5.74, 6) is 2.25. The first-order valence-electron chi connectivity index (χ1n) is 7.74. The topological polar surface area (TPSA) is 62.3 Å². The van der Waals surface area contributed by atoms with Crippen LogP contribution >= 0.6 is 12.2 Å². The van der Waals surface area contributed by atoms with Crippen LogP contribution in [0.2, 0.25) is 0 Å². The second-order valence-electron chi connectivity index (χ2n) is 5.50. The lowest BCUT2D eigenvalue weighted by Gasteiger charge is -2.13. The molecule has 0 amide bonds. The van der Waals surface area contributed by atoms with Crippen LogP contribution in [-0.4, -0.2) is 28.8 Å². The molecule has 0 atom stereocenters. The van der Waals surface area contributed by atoms with E-state index in [0.717, 1.165) is 22.5 Å². The van der Waals surface area contributed by atoms with E-state index in [9.17, 15) is 0 Å². The molecule has 1 aromatic heterocycles. The van der Waals surface area contributed by atoms with E-state index in [1.54, 1.807) is 20.4 Å². The Labute approximate surface area is 152 Å². The fourth-order valence-electron chi connectivity index (χ4n) is 2.72. The number of rotatable bonds is 6. The van der Waals surface area contributed by atoms with Crippen molar-refractivity contribution in [1.29, 1.82) is 0 Å². The summed E-state index contributed by atoms with van der Waals surface area (Å²) in [6, 6.07) is 13.6. The predicted molar refractivity (Wildman–Crippen MR) is 102 cm³/mol. The number of thiocarbonyl (C=S) groups is 1. The monoisotopic (exact) mass is 353 g/mol. The minimum atomic E-state index is 0.389. The molecule has 2 aromatic carbocycles. The zero-order chi connectivity index (χ0) is 17.8. The van der Waals surface area contributed by atoms with Crippen molar-refractivity contribution < 1.29 is 9.47 Å². The number of aromatic nitrogens is 2. The van der Waals surface area contributed by atoms with Crippen LogP contribution in [0.1, 0.15) is 11.1 Å². The Morgan fingerprint density at radius 3 is 2.44 bits per heavy atom. The SMILES string of the molecule is COc1cc(OC)cc(-c2nccn2Cc2ccccc2C(N)=S)c1. The van der Waals surface area contributed by atoms with Gasteiger partial charge in [0.1, 0.15) is 22.3 Å². The minimum Gasteiger partial charge on any atom is -0.497 e. The third-order valence-corrected chi connectivity index (χ3v) is 4.17. The molecule has 5 nitrogen and oxygen atoms in total. The molecule has 0 fully saturated rings. The van der Waals surface area contributed by atoms with Gasteiger partial charge >= 0.3 is 0 Å². The Morgan fingerprint density at radius 2 is 1.80 bits per heavy atom. The van der Waals surface area contributed by atoms with Crippen LogP contribution in [0.4, 0.5) is 0 Å². The number of ether oxygens (including phenoxy) is 2. The number of nitrogens with two attached hydrogens (primary N) is 1. The number of hydrogen-bond donors (Lipinski definition) is 1. The lowest BCUT2D eigenvalue weighted by molar-refractivity contribution is 0.394. The van der Waals surface area contributed by atoms with Gasteiger partial charge in [-0.1, -0.05) is 36.5 Å². The molecule has 6 heteroatoms. The molecule has 0 aliphatic rings. The average Bonchev–Trinajstić information content (AvgIpc) is 3.09. The van der Waals surface area contributed by atoms with E-state index >= 15 is 0 Å². The van der Waals surface area contributed by atoms with Crippen molar-refractivity contribution in [1.82, 2.24) is 9.55 Å². The van der Waals surface area contributed by atoms with E-state index < -0.39 is 0 Å². The van der Waals surface area contributed by atoms with Crippen LogP contribution in [-0.2, 0) is 6.54 Å². The molecule has 0 spiro atoms. The normalized spacial score (nSPS) is 10.5. The average molecular weight is 353 g/mol. The zero-order valence-corrected chi connectivity index (χ0v) is 14.9. The molecule has 0 aliphatic carbocycles. The van der Waals surface area contributed by atoms with Crippen LogP contribution in [0.25, 0.3) is 11.4 Å². The largest absolute Gasteiger partial charge is 0.497 e. The highest BCUT2D eigenvalue weighted by Gasteiger charge is 2.12. The second kappa shape index (κ2) is 7.36. The number of hydrogen-bond acceptors (Lipinski definition) is 4. The van der Waals surface area contributed by atoms with Gasteiger partial charge in [-0.3, -0.25) is 0 Å². The Morgan fingerprint density at radius 1 is 1.12 bits per heavy atom. The summed E-state index contributed by atoms with van der Waals surface area (Å²) in [6.07, 6.45) is 3.70. The van der Waals surface area contributed by atoms with Crippen LogP contribution in [0, 0.1) is 0 Å². The third kappa shape index (κ3) is 3.64. The Bertz CT molecular complexity index is 883. The van der Waals surface area contributed by atoms with Crippen molar-refractivity contribution in [2.75, 3.05) is 14.2 Å². The molecule has 2 N–H and O–H groups in total. The van der Waals surface area contributed by atoms with Gasteiger partial charge in [0.2, 0.25) is 0 Å². The van der Waals surface area contributed by atoms with Crippen LogP contribution in [0.3, 0.4) is 0 Å². The maximum absolute atomic E-state index is 5.84. The summed E-state index contributed by atoms with van der Waals surface area (Å²) < 4.78 is 12.8. The number of nitrogens with zero attached hydrogens (tertiary/aromatic N) is 2. The fraction of sp³-hybridized carbons (Fsp3) is 0.158. The quantitative estimate of drug-likeness (QED) is 0.689. The van der Waals surface area contributed by atoms with E-state index in [1.807, 2.05) is 53.2 Å². The van der Waals surface area contributed by atoms with E-state index in [2.05, 4.69) is 4.98 Å². The standard InChI is InChI=1S/C19H19N3O2S/c1-23-15-9-14(10-16(11-15)24-2)19-21-7-8-22(19)12-13-5-3-4-6-17(13)18(20)25/h3-11H,12H2,1-2H3,(H2,20,25). The molecule has 25 heavy (non-hydrogen) atoms. The predicted octanol–water partition coefficient (Wildman–Crippen LogP) is 3.25. The van der Waals surface area contributed by atoms with Crippen molar-refractivity contribution in [2.24, 2.45) is 5.73 Å². The molecule has 0 saturated carbocycles. The molecular weight excluding hydrogens is 334 g/mol. The van der Waals surface area contributed by atoms with Crippen LogP contribution < -0.4 is 15.2 Å². The number of benzene rings is 2. The highest BCUT2D eigenvalue weighted by Crippen LogP contribution is 2.29. The molecule has 0 aliphatic heterocycles. The summed E-state index contributed by atoms with van der Waals surface area (Å²) in [6.45, 7) is 0.613. The highest BCUT2D eigenvalue weighted by molar-refractivity contribution is 7.80. The lowest BCUT2D eigenvalue weighted by atomic mass is 10.1. The van der Waals surface area contributed by atoms with Gasteiger partial charge in [0.15, 0.2) is 0 Å². The summed E-state index contributed by atoms with van der Waals surface area (Å²) >= 11 is 5.16. The van der Waals surface area contributed by atoms with Gasteiger partial charge in [0, 0.05) is 36.1 Å². The minimum absolute atomic E-state index is 0.389. The van der Waals surface area contributed by atoms with Crippen molar-refractivity contribution in [2.45, 2.75) is 6.54 Å². The summed E-state index contributed by atoms with van der Waals surface area (Å²) in [4.78, 5) is 4.88. The van der Waals surface area contributed by atoms with Gasteiger partial charge in [-0.25, -0.2) is 4.98 Å². The van der Waals surface area contributed by atoms with E-state index in [0.29, 0.717) is 23.0 Å². The first-order chi connectivity index (χ1) is 12.1. The van der Waals surface area contributed by atoms with Gasteiger partial charge < -0.3 is 19.8 Å². The number of imidazole rings is 1. The first kappa shape index (κ1) is 17.0. The summed E-state index contributed by atoms with van der Waals surface area (Å²) in [5.41, 5.74) is 8.67. The molecule has 0 saturated heterocycles. The van der Waals surface area contributed by atoms with E-state index in [1.165, 1.54) is 0 Å². The van der Waals surface area contributed by atoms with Crippen molar-refractivity contribution >= 4 is 17.2 Å². The van der Waals surface area contributed by atoms with E-state index in [4.69, 9.17) is 27.4 Å². The lowest BCUT2D eigenvalue weighted by Crippen LogP contribution is -2.14. The van der Waals surface area contributed by atoms with Crippen molar-refractivity contribution in [3.63, 3.8) is 0 Å². The maximum Gasteiger partial charge on any atom is 0.140 e. The van der Waals surface area contributed by atoms with Crippen molar-refractivity contribution in [3.8, 4) is 22.9 Å². The highest BCUT2D eigenvalue weighted by atomic mass is 32.1. The van der Waals surface area contributed by atoms with Crippen LogP contribution in [0.15, 0.2) is 54.9 Å². The molecule has 0 radical (unpaired) electrons. The zero-order valence-electron chi connectivity index (χ0n) is 14.1. The molecular formula is C19H19N3O2S. The second-order valence-corrected chi connectivity index (χ2v) is 5.94. The van der Waals surface area contributed by atoms with Crippen molar-refractivity contribution in [3.05, 3.63) is 66.0 Å². The molecule has 1 heterocycles. The maximum atomic E-state index is 5.84. The smallest absolute Gasteiger partial charge is 0.140 e. The Kier molecular flexibility index (Phi) is 5.00. The first-order valence-corrected chi connectivity index (χ1v) is 8.15. The Balaban J connectivity index is 2.01. The number of methoxy groups -OCH3 is 2. The van der Waals surface area contributed by atoms with Crippen LogP contribution in [0.5, 0.6) is 11.5 Å². The summed E-state index contributed by atoms with van der Waals surface area (Å²) in [5, 5.41) is 0. The molecule has 128 valence electrons. The molecule has 3 rings (SSSR count). The molecule has 0 bridgehead atoms. The Hall–Kier alpha value is -2.86. The third-order valence-electron chi connectivity index (χ3n) is 3.95. The van der Waals surface area contributed by atoms with Gasteiger partial charge in [-0.05, 0) is 17.7 Å². The summed E-state index contributed by atoms with van der Waals surface area (Å²) in [7, 11) is 3.26. The van der Waals surface area contributed by atoms with Gasteiger partial charge in [0.25, 0.3) is 0 Å². The van der Waals surface area contributed by atoms with Gasteiger partial charge in [-0.2, -0.15) is 0 Å². The fourth-order valence-corrected chi connectivity index (χ4v) is 2.91. The van der Waals surface area contributed by atoms with Gasteiger partial charge in [-0.15, -0.1) is 0 Å².